The van der Waals surface area contributed by atoms with E-state index >= 15 is 0 Å². The number of thiazole rings is 1. The summed E-state index contributed by atoms with van der Waals surface area (Å²) in [5.41, 5.74) is 1.13. The van der Waals surface area contributed by atoms with Crippen LogP contribution in [-0.4, -0.2) is 82.1 Å². The number of ether oxygens (including phenoxy) is 1. The maximum absolute atomic E-state index is 13.9. The minimum Gasteiger partial charge on any atom is -0.452 e. The number of likely N-dealkylation sites (N-methyl/N-ethyl adjacent to an activating group) is 1. The lowest BCUT2D eigenvalue weighted by Crippen LogP contribution is -2.57. The molecular formula is C38H53N5O6S. The standard InChI is InChI=1S/C38H53N5O6S/c1-8-24(5)33(41-34(45)30-17-13-14-18-42(30)7)35(46)39-28(23(3)4)21-31(49-32(44)9-2)36-40-29(22-50-36)38(48)43-27(19-25(6)37(43)47)20-26-15-11-10-12-16-26/h9-12,15-16,22-25,27-28,30-31,33H,2,8,13-14,17-21H2,1,3-7H3,(H,39,46)(H,41,45)/t24-,25-,27+,28+,30+,31+,33-/m0/s1. The van der Waals surface area contributed by atoms with Crippen LogP contribution in [0, 0.1) is 17.8 Å². The van der Waals surface area contributed by atoms with Crippen LogP contribution < -0.4 is 10.6 Å². The number of aromatic nitrogens is 1. The smallest absolute Gasteiger partial charge is 0.330 e. The van der Waals surface area contributed by atoms with E-state index in [4.69, 9.17) is 4.74 Å². The number of carbonyl (C=O) groups excluding carboxylic acids is 5. The van der Waals surface area contributed by atoms with Gasteiger partial charge in [-0.3, -0.25) is 29.0 Å². The fourth-order valence-electron chi connectivity index (χ4n) is 6.76. The van der Waals surface area contributed by atoms with E-state index < -0.39 is 30.1 Å². The Balaban J connectivity index is 1.53. The van der Waals surface area contributed by atoms with Gasteiger partial charge in [-0.15, -0.1) is 11.3 Å². The topological polar surface area (TPSA) is 138 Å². The lowest BCUT2D eigenvalue weighted by atomic mass is 9.94. The average molecular weight is 708 g/mol. The maximum Gasteiger partial charge on any atom is 0.330 e. The van der Waals surface area contributed by atoms with Gasteiger partial charge in [0.25, 0.3) is 5.91 Å². The third kappa shape index (κ3) is 9.66. The van der Waals surface area contributed by atoms with Crippen molar-refractivity contribution in [3.8, 4) is 0 Å². The van der Waals surface area contributed by atoms with Gasteiger partial charge in [-0.2, -0.15) is 0 Å². The van der Waals surface area contributed by atoms with Crippen molar-refractivity contribution in [3.63, 3.8) is 0 Å². The molecule has 7 atom stereocenters. The SMILES string of the molecule is C=CC(=O)O[C@H](C[C@@H](NC(=O)[C@@H](NC(=O)[C@H]1CCCCN1C)[C@@H](C)CC)C(C)C)c1nc(C(=O)N2C(=O)[C@@H](C)C[C@@H]2Cc2ccccc2)cs1. The van der Waals surface area contributed by atoms with Crippen LogP contribution in [0.3, 0.4) is 0 Å². The monoisotopic (exact) mass is 707 g/mol. The summed E-state index contributed by atoms with van der Waals surface area (Å²) in [6, 6.07) is 7.96. The molecule has 2 aromatic rings. The second kappa shape index (κ2) is 17.8. The summed E-state index contributed by atoms with van der Waals surface area (Å²) in [7, 11) is 1.94. The Morgan fingerprint density at radius 3 is 2.48 bits per heavy atom. The predicted octanol–water partition coefficient (Wildman–Crippen LogP) is 5.08. The number of imide groups is 1. The van der Waals surface area contributed by atoms with E-state index in [-0.39, 0.29) is 59.7 Å². The Labute approximate surface area is 300 Å². The third-order valence-corrected chi connectivity index (χ3v) is 11.0. The average Bonchev–Trinajstić information content (AvgIpc) is 3.70. The third-order valence-electron chi connectivity index (χ3n) is 10.1. The molecule has 11 nitrogen and oxygen atoms in total. The zero-order valence-corrected chi connectivity index (χ0v) is 31.0. The minimum atomic E-state index is -0.902. The van der Waals surface area contributed by atoms with E-state index in [1.54, 1.807) is 5.38 Å². The molecule has 0 radical (unpaired) electrons. The Bertz CT molecular complexity index is 1510. The summed E-state index contributed by atoms with van der Waals surface area (Å²) in [6.07, 6.45) is 4.88. The highest BCUT2D eigenvalue weighted by Crippen LogP contribution is 2.32. The molecule has 0 aliphatic carbocycles. The molecule has 2 saturated heterocycles. The Morgan fingerprint density at radius 2 is 1.84 bits per heavy atom. The molecule has 2 N–H and O–H groups in total. The first kappa shape index (κ1) is 38.9. The molecule has 0 spiro atoms. The van der Waals surface area contributed by atoms with Crippen LogP contribution in [0.25, 0.3) is 0 Å². The van der Waals surface area contributed by atoms with E-state index in [9.17, 15) is 24.0 Å². The number of nitrogens with zero attached hydrogens (tertiary/aromatic N) is 3. The van der Waals surface area contributed by atoms with E-state index in [0.717, 1.165) is 48.8 Å². The van der Waals surface area contributed by atoms with Gasteiger partial charge in [0.1, 0.15) is 16.7 Å². The van der Waals surface area contributed by atoms with Crippen molar-refractivity contribution in [2.75, 3.05) is 13.6 Å². The quantitative estimate of drug-likeness (QED) is 0.149. The molecule has 50 heavy (non-hydrogen) atoms. The number of hydrogen-bond donors (Lipinski definition) is 2. The molecule has 4 rings (SSSR count). The zero-order valence-electron chi connectivity index (χ0n) is 30.2. The van der Waals surface area contributed by atoms with Gasteiger partial charge in [0.05, 0.1) is 6.04 Å². The summed E-state index contributed by atoms with van der Waals surface area (Å²) in [5.74, 6) is -2.34. The van der Waals surface area contributed by atoms with Gasteiger partial charge in [0.15, 0.2) is 6.10 Å². The van der Waals surface area contributed by atoms with Crippen LogP contribution in [0.1, 0.15) is 100 Å². The Morgan fingerprint density at radius 1 is 1.12 bits per heavy atom. The van der Waals surface area contributed by atoms with Gasteiger partial charge in [-0.1, -0.05) is 84.4 Å². The summed E-state index contributed by atoms with van der Waals surface area (Å²) in [6.45, 7) is 14.0. The summed E-state index contributed by atoms with van der Waals surface area (Å²) < 4.78 is 5.76. The predicted molar refractivity (Wildman–Crippen MR) is 193 cm³/mol. The molecule has 2 aliphatic rings. The first-order valence-corrected chi connectivity index (χ1v) is 18.7. The first-order chi connectivity index (χ1) is 23.8. The molecule has 12 heteroatoms. The summed E-state index contributed by atoms with van der Waals surface area (Å²) >= 11 is 1.16. The maximum atomic E-state index is 13.9. The van der Waals surface area contributed by atoms with Gasteiger partial charge in [0.2, 0.25) is 17.7 Å². The molecule has 1 aromatic carbocycles. The lowest BCUT2D eigenvalue weighted by molar-refractivity contribution is -0.144. The number of nitrogens with one attached hydrogen (secondary N) is 2. The number of hydrogen-bond acceptors (Lipinski definition) is 9. The van der Waals surface area contributed by atoms with Gasteiger partial charge >= 0.3 is 5.97 Å². The van der Waals surface area contributed by atoms with E-state index in [2.05, 4.69) is 22.2 Å². The molecule has 0 saturated carbocycles. The first-order valence-electron chi connectivity index (χ1n) is 17.8. The molecule has 2 aliphatic heterocycles. The van der Waals surface area contributed by atoms with Gasteiger partial charge in [0, 0.05) is 35.9 Å². The molecule has 3 heterocycles. The van der Waals surface area contributed by atoms with Crippen LogP contribution >= 0.6 is 11.3 Å². The second-order valence-electron chi connectivity index (χ2n) is 14.2. The number of piperidine rings is 1. The highest BCUT2D eigenvalue weighted by Gasteiger charge is 2.42. The highest BCUT2D eigenvalue weighted by molar-refractivity contribution is 7.09. The number of rotatable bonds is 15. The summed E-state index contributed by atoms with van der Waals surface area (Å²) in [5, 5.41) is 8.12. The minimum absolute atomic E-state index is 0.0786. The van der Waals surface area contributed by atoms with Crippen LogP contribution in [0.2, 0.25) is 0 Å². The van der Waals surface area contributed by atoms with Crippen molar-refractivity contribution < 1.29 is 28.7 Å². The number of benzene rings is 1. The number of amides is 4. The van der Waals surface area contributed by atoms with E-state index in [0.29, 0.717) is 24.3 Å². The molecule has 0 unspecified atom stereocenters. The molecule has 272 valence electrons. The number of esters is 1. The van der Waals surface area contributed by atoms with Crippen LogP contribution in [0.15, 0.2) is 48.4 Å². The second-order valence-corrected chi connectivity index (χ2v) is 15.0. The van der Waals surface area contributed by atoms with Crippen molar-refractivity contribution >= 4 is 40.9 Å². The lowest BCUT2D eigenvalue weighted by Gasteiger charge is -2.34. The molecule has 2 fully saturated rings. The van der Waals surface area contributed by atoms with Gasteiger partial charge < -0.3 is 15.4 Å². The molecule has 1 aromatic heterocycles. The summed E-state index contributed by atoms with van der Waals surface area (Å²) in [4.78, 5) is 74.7. The largest absolute Gasteiger partial charge is 0.452 e. The van der Waals surface area contributed by atoms with Crippen LogP contribution in [-0.2, 0) is 30.3 Å². The van der Waals surface area contributed by atoms with Gasteiger partial charge in [-0.05, 0) is 56.7 Å². The number of likely N-dealkylation sites (tertiary alicyclic amines) is 2. The fourth-order valence-corrected chi connectivity index (χ4v) is 7.59. The fraction of sp³-hybridized carbons (Fsp3) is 0.579. The van der Waals surface area contributed by atoms with Crippen molar-refractivity contribution in [1.29, 1.82) is 0 Å². The molecule has 4 amide bonds. The van der Waals surface area contributed by atoms with Crippen molar-refractivity contribution in [2.45, 2.75) is 110 Å². The molecular weight excluding hydrogens is 655 g/mol. The van der Waals surface area contributed by atoms with Gasteiger partial charge in [-0.25, -0.2) is 9.78 Å². The van der Waals surface area contributed by atoms with E-state index in [1.165, 1.54) is 4.90 Å². The van der Waals surface area contributed by atoms with E-state index in [1.807, 2.05) is 76.9 Å². The Kier molecular flexibility index (Phi) is 13.9. The Hall–Kier alpha value is -3.90. The molecule has 0 bridgehead atoms. The van der Waals surface area contributed by atoms with Crippen molar-refractivity contribution in [3.05, 3.63) is 64.6 Å². The van der Waals surface area contributed by atoms with Crippen molar-refractivity contribution in [2.24, 2.45) is 17.8 Å². The zero-order chi connectivity index (χ0) is 36.5. The number of carbonyl (C=O) groups is 5. The normalized spacial score (nSPS) is 22.0. The highest BCUT2D eigenvalue weighted by atomic mass is 32.1. The van der Waals surface area contributed by atoms with Crippen molar-refractivity contribution in [1.82, 2.24) is 25.4 Å². The van der Waals surface area contributed by atoms with Crippen LogP contribution in [0.5, 0.6) is 0 Å². The van der Waals surface area contributed by atoms with Crippen LogP contribution in [0.4, 0.5) is 0 Å².